The maximum atomic E-state index is 12.5. The molecule has 1 aliphatic carbocycles. The predicted molar refractivity (Wildman–Crippen MR) is 131 cm³/mol. The van der Waals surface area contributed by atoms with Gasteiger partial charge in [-0.15, -0.1) is 13.2 Å². The molecule has 0 saturated carbocycles. The maximum absolute atomic E-state index is 12.5. The van der Waals surface area contributed by atoms with E-state index >= 15 is 0 Å². The summed E-state index contributed by atoms with van der Waals surface area (Å²) in [5, 5.41) is 8.36. The number of aromatic carboxylic acids is 1. The molecule has 4 N–H and O–H groups in total. The van der Waals surface area contributed by atoms with Crippen LogP contribution in [0.4, 0.5) is 13.2 Å². The number of hydrogen-bond donors (Lipinski definition) is 3. The Bertz CT molecular complexity index is 1600. The van der Waals surface area contributed by atoms with Crippen LogP contribution in [0.3, 0.4) is 0 Å². The first-order chi connectivity index (χ1) is 17.7. The van der Waals surface area contributed by atoms with Crippen molar-refractivity contribution >= 4 is 17.0 Å². The van der Waals surface area contributed by atoms with Gasteiger partial charge in [0.25, 0.3) is 0 Å². The number of aromatic amines is 1. The summed E-state index contributed by atoms with van der Waals surface area (Å²) >= 11 is 0. The van der Waals surface area contributed by atoms with E-state index in [4.69, 9.17) is 10.8 Å². The molecule has 1 aliphatic rings. The Hall–Kier alpha value is -4.70. The number of benzene rings is 3. The number of aromatic nitrogens is 3. The van der Waals surface area contributed by atoms with E-state index in [0.29, 0.717) is 16.9 Å². The van der Waals surface area contributed by atoms with E-state index in [0.717, 1.165) is 27.8 Å². The molecule has 0 bridgehead atoms. The fourth-order valence-corrected chi connectivity index (χ4v) is 4.30. The van der Waals surface area contributed by atoms with Gasteiger partial charge in [0.15, 0.2) is 0 Å². The molecule has 3 aromatic carbocycles. The number of rotatable bonds is 3. The summed E-state index contributed by atoms with van der Waals surface area (Å²) in [4.78, 5) is 21.5. The molecule has 6 rings (SSSR count). The number of carboxylic acid groups (broad SMARTS) is 1. The predicted octanol–water partition coefficient (Wildman–Crippen LogP) is 5.94. The summed E-state index contributed by atoms with van der Waals surface area (Å²) < 4.78 is 41.4. The second-order valence-electron chi connectivity index (χ2n) is 8.19. The number of halogens is 3. The minimum atomic E-state index is -4.74. The van der Waals surface area contributed by atoms with E-state index in [-0.39, 0.29) is 17.4 Å². The lowest BCUT2D eigenvalue weighted by Gasteiger charge is -2.08. The Morgan fingerprint density at radius 1 is 0.946 bits per heavy atom. The van der Waals surface area contributed by atoms with Gasteiger partial charge in [-0.1, -0.05) is 42.5 Å². The molecule has 0 saturated heterocycles. The monoisotopic (exact) mass is 504 g/mol. The molecule has 0 fully saturated rings. The summed E-state index contributed by atoms with van der Waals surface area (Å²) in [6.45, 7) is 0. The number of nitrogens with one attached hydrogen (secondary N) is 1. The Balaban J connectivity index is 0.000000265. The van der Waals surface area contributed by atoms with E-state index in [9.17, 15) is 18.0 Å². The molecule has 0 spiro atoms. The molecule has 2 heterocycles. The highest BCUT2D eigenvalue weighted by Crippen LogP contribution is 2.46. The van der Waals surface area contributed by atoms with Gasteiger partial charge in [0.05, 0.1) is 22.6 Å². The molecule has 10 heteroatoms. The van der Waals surface area contributed by atoms with Crippen LogP contribution in [-0.4, -0.2) is 32.4 Å². The van der Waals surface area contributed by atoms with Crippen LogP contribution in [0, 0.1) is 0 Å². The lowest BCUT2D eigenvalue weighted by Crippen LogP contribution is -2.16. The van der Waals surface area contributed by atoms with E-state index < -0.39 is 12.3 Å². The quantitative estimate of drug-likeness (QED) is 0.280. The number of pyridine rings is 1. The smallest absolute Gasteiger partial charge is 0.478 e. The van der Waals surface area contributed by atoms with Crippen LogP contribution in [0.1, 0.15) is 27.5 Å². The highest BCUT2D eigenvalue weighted by molar-refractivity contribution is 5.92. The van der Waals surface area contributed by atoms with Gasteiger partial charge in [0.1, 0.15) is 11.6 Å². The van der Waals surface area contributed by atoms with Crippen LogP contribution in [0.25, 0.3) is 33.5 Å². The standard InChI is InChI=1S/C21H14F3N3O.C6H5NO2/c22-21(23,24)28-11-8-9-16-17(10-11)27-20(26-16)15-7-3-6-14-18(15)12-4-1-2-5-13(12)19(14)25;8-6(9)5-1-3-7-4-2-5/h1-10,19H,25H2,(H,26,27);1-4H,(H,8,9). The Labute approximate surface area is 208 Å². The molecule has 37 heavy (non-hydrogen) atoms. The second kappa shape index (κ2) is 9.40. The number of fused-ring (bicyclic) bond motifs is 4. The van der Waals surface area contributed by atoms with Crippen LogP contribution in [0.5, 0.6) is 5.75 Å². The van der Waals surface area contributed by atoms with Gasteiger partial charge >= 0.3 is 12.3 Å². The number of H-pyrrole nitrogens is 1. The zero-order valence-electron chi connectivity index (χ0n) is 19.0. The van der Waals surface area contributed by atoms with Crippen molar-refractivity contribution in [2.45, 2.75) is 12.4 Å². The molecule has 186 valence electrons. The highest BCUT2D eigenvalue weighted by Gasteiger charge is 2.31. The van der Waals surface area contributed by atoms with Crippen molar-refractivity contribution in [1.82, 2.24) is 15.0 Å². The molecule has 7 nitrogen and oxygen atoms in total. The summed E-state index contributed by atoms with van der Waals surface area (Å²) in [7, 11) is 0. The van der Waals surface area contributed by atoms with Gasteiger partial charge in [-0.05, 0) is 46.5 Å². The number of alkyl halides is 3. The number of carbonyl (C=O) groups is 1. The lowest BCUT2D eigenvalue weighted by molar-refractivity contribution is -0.274. The molecular weight excluding hydrogens is 485 g/mol. The zero-order chi connectivity index (χ0) is 26.2. The molecule has 0 amide bonds. The fraction of sp³-hybridized carbons (Fsp3) is 0.0741. The van der Waals surface area contributed by atoms with Crippen molar-refractivity contribution in [1.29, 1.82) is 0 Å². The third-order valence-electron chi connectivity index (χ3n) is 5.87. The minimum absolute atomic E-state index is 0.220. The van der Waals surface area contributed by atoms with Crippen molar-refractivity contribution in [3.63, 3.8) is 0 Å². The first kappa shape index (κ1) is 24.0. The Morgan fingerprint density at radius 2 is 1.65 bits per heavy atom. The van der Waals surface area contributed by atoms with Crippen molar-refractivity contribution in [3.8, 4) is 28.3 Å². The summed E-state index contributed by atoms with van der Waals surface area (Å²) in [6, 6.07) is 20.5. The van der Waals surface area contributed by atoms with Crippen molar-refractivity contribution < 1.29 is 27.8 Å². The minimum Gasteiger partial charge on any atom is -0.478 e. The van der Waals surface area contributed by atoms with Gasteiger partial charge in [0.2, 0.25) is 0 Å². The van der Waals surface area contributed by atoms with Crippen molar-refractivity contribution in [2.75, 3.05) is 0 Å². The number of imidazole rings is 1. The average molecular weight is 504 g/mol. The molecule has 1 unspecified atom stereocenters. The van der Waals surface area contributed by atoms with Gasteiger partial charge < -0.3 is 20.6 Å². The molecule has 0 radical (unpaired) electrons. The lowest BCUT2D eigenvalue weighted by atomic mass is 9.99. The largest absolute Gasteiger partial charge is 0.573 e. The van der Waals surface area contributed by atoms with E-state index in [1.54, 1.807) is 0 Å². The fourth-order valence-electron chi connectivity index (χ4n) is 4.30. The summed E-state index contributed by atoms with van der Waals surface area (Å²) in [5.74, 6) is -0.641. The Morgan fingerprint density at radius 3 is 2.35 bits per heavy atom. The third kappa shape index (κ3) is 4.87. The second-order valence-corrected chi connectivity index (χ2v) is 8.19. The van der Waals surface area contributed by atoms with Crippen LogP contribution >= 0.6 is 0 Å². The summed E-state index contributed by atoms with van der Waals surface area (Å²) in [6.07, 6.45) is -1.84. The zero-order valence-corrected chi connectivity index (χ0v) is 19.0. The van der Waals surface area contributed by atoms with Gasteiger partial charge in [-0.2, -0.15) is 0 Å². The topological polar surface area (TPSA) is 114 Å². The molecular formula is C27H19F3N4O3. The maximum Gasteiger partial charge on any atom is 0.573 e. The first-order valence-corrected chi connectivity index (χ1v) is 11.1. The van der Waals surface area contributed by atoms with Crippen LogP contribution in [0.2, 0.25) is 0 Å². The van der Waals surface area contributed by atoms with Crippen LogP contribution in [-0.2, 0) is 0 Å². The number of ether oxygens (including phenoxy) is 1. The summed E-state index contributed by atoms with van der Waals surface area (Å²) in [5.41, 5.74) is 12.6. The Kier molecular flexibility index (Phi) is 6.10. The van der Waals surface area contributed by atoms with Crippen molar-refractivity contribution in [3.05, 3.63) is 102 Å². The van der Waals surface area contributed by atoms with E-state index in [1.807, 2.05) is 42.5 Å². The van der Waals surface area contributed by atoms with E-state index in [2.05, 4.69) is 19.7 Å². The van der Waals surface area contributed by atoms with Crippen LogP contribution < -0.4 is 10.5 Å². The van der Waals surface area contributed by atoms with E-state index in [1.165, 1.54) is 42.7 Å². The van der Waals surface area contributed by atoms with Gasteiger partial charge in [-0.25, -0.2) is 9.78 Å². The SMILES string of the molecule is NC1c2ccccc2-c2c(-c3nc4ccc(OC(F)(F)F)cc4[nH]3)cccc21.O=C(O)c1ccncc1. The average Bonchev–Trinajstić information content (AvgIpc) is 3.43. The number of carboxylic acids is 1. The number of hydrogen-bond acceptors (Lipinski definition) is 5. The van der Waals surface area contributed by atoms with Crippen molar-refractivity contribution in [2.24, 2.45) is 5.73 Å². The van der Waals surface area contributed by atoms with Gasteiger partial charge in [0, 0.05) is 24.0 Å². The van der Waals surface area contributed by atoms with Gasteiger partial charge in [-0.3, -0.25) is 4.98 Å². The molecule has 0 aliphatic heterocycles. The highest BCUT2D eigenvalue weighted by atomic mass is 19.4. The molecule has 2 aromatic heterocycles. The van der Waals surface area contributed by atoms with Crippen LogP contribution in [0.15, 0.2) is 85.2 Å². The molecule has 1 atom stereocenters. The molecule has 5 aromatic rings. The number of nitrogens with two attached hydrogens (primary N) is 1. The first-order valence-electron chi connectivity index (χ1n) is 11.1. The third-order valence-corrected chi connectivity index (χ3v) is 5.87. The normalized spacial score (nSPS) is 13.9. The number of nitrogens with zero attached hydrogens (tertiary/aromatic N) is 2.